The first-order valence-corrected chi connectivity index (χ1v) is 9.54. The summed E-state index contributed by atoms with van der Waals surface area (Å²) in [7, 11) is 0. The summed E-state index contributed by atoms with van der Waals surface area (Å²) in [6, 6.07) is 5.00. The van der Waals surface area contributed by atoms with Crippen LogP contribution < -0.4 is 15.4 Å². The summed E-state index contributed by atoms with van der Waals surface area (Å²) in [6.07, 6.45) is 1.88. The summed E-state index contributed by atoms with van der Waals surface area (Å²) in [5.41, 5.74) is 0.137. The van der Waals surface area contributed by atoms with Gasteiger partial charge >= 0.3 is 5.97 Å². The fourth-order valence-corrected chi connectivity index (χ4v) is 2.85. The molecule has 0 unspecified atom stereocenters. The van der Waals surface area contributed by atoms with Crippen molar-refractivity contribution < 1.29 is 28.8 Å². The average molecular weight is 432 g/mol. The molecule has 0 aliphatic rings. The van der Waals surface area contributed by atoms with Crippen LogP contribution in [0.25, 0.3) is 10.9 Å². The van der Waals surface area contributed by atoms with E-state index < -0.39 is 36.2 Å². The van der Waals surface area contributed by atoms with E-state index in [4.69, 9.17) is 9.47 Å². The predicted octanol–water partition coefficient (Wildman–Crippen LogP) is 1.69. The minimum Gasteiger partial charge on any atom is -0.455 e. The van der Waals surface area contributed by atoms with Crippen molar-refractivity contribution in [1.82, 2.24) is 15.6 Å². The lowest BCUT2D eigenvalue weighted by Gasteiger charge is -2.19. The Morgan fingerprint density at radius 1 is 1.23 bits per heavy atom. The van der Waals surface area contributed by atoms with Crippen LogP contribution in [0.1, 0.15) is 27.2 Å². The zero-order valence-electron chi connectivity index (χ0n) is 17.4. The Labute approximate surface area is 178 Å². The summed E-state index contributed by atoms with van der Waals surface area (Å²) in [6.45, 7) is 4.24. The van der Waals surface area contributed by atoms with Crippen LogP contribution in [0.4, 0.5) is 5.69 Å². The van der Waals surface area contributed by atoms with Gasteiger partial charge in [0, 0.05) is 19.2 Å². The van der Waals surface area contributed by atoms with Crippen LogP contribution in [0.15, 0.2) is 30.5 Å². The number of carbonyl (C=O) groups excluding carboxylic acids is 3. The van der Waals surface area contributed by atoms with E-state index in [9.17, 15) is 24.5 Å². The second-order valence-electron chi connectivity index (χ2n) is 7.12. The fraction of sp³-hybridized carbons (Fsp3) is 0.400. The van der Waals surface area contributed by atoms with E-state index in [0.717, 1.165) is 0 Å². The molecule has 0 aliphatic carbocycles. The number of carbonyl (C=O) groups is 3. The molecule has 31 heavy (non-hydrogen) atoms. The number of amides is 2. The van der Waals surface area contributed by atoms with Crippen LogP contribution in [0.3, 0.4) is 0 Å². The average Bonchev–Trinajstić information content (AvgIpc) is 2.70. The number of benzene rings is 1. The molecule has 1 heterocycles. The number of esters is 1. The summed E-state index contributed by atoms with van der Waals surface area (Å²) >= 11 is 0. The van der Waals surface area contributed by atoms with Crippen molar-refractivity contribution >= 4 is 34.4 Å². The first kappa shape index (κ1) is 23.5. The number of ether oxygens (including phenoxy) is 2. The molecule has 0 fully saturated rings. The molecule has 1 atom stereocenters. The first-order chi connectivity index (χ1) is 14.7. The Bertz CT molecular complexity index is 977. The highest BCUT2D eigenvalue weighted by molar-refractivity contribution is 5.92. The zero-order chi connectivity index (χ0) is 23.0. The van der Waals surface area contributed by atoms with E-state index in [1.807, 2.05) is 13.8 Å². The van der Waals surface area contributed by atoms with Crippen LogP contribution in [0.2, 0.25) is 0 Å². The van der Waals surface area contributed by atoms with Crippen molar-refractivity contribution in [2.45, 2.75) is 33.2 Å². The van der Waals surface area contributed by atoms with Gasteiger partial charge in [-0.05, 0) is 30.5 Å². The molecule has 166 valence electrons. The predicted molar refractivity (Wildman–Crippen MR) is 110 cm³/mol. The van der Waals surface area contributed by atoms with E-state index >= 15 is 0 Å². The Morgan fingerprint density at radius 2 is 1.97 bits per heavy atom. The van der Waals surface area contributed by atoms with Crippen molar-refractivity contribution in [1.29, 1.82) is 0 Å². The molecule has 1 aromatic heterocycles. The van der Waals surface area contributed by atoms with Gasteiger partial charge < -0.3 is 20.1 Å². The van der Waals surface area contributed by atoms with Gasteiger partial charge in [0.15, 0.2) is 0 Å². The molecular formula is C20H24N4O7. The van der Waals surface area contributed by atoms with Crippen molar-refractivity contribution in [3.05, 3.63) is 40.6 Å². The van der Waals surface area contributed by atoms with E-state index in [1.54, 1.807) is 6.07 Å². The van der Waals surface area contributed by atoms with Crippen LogP contribution in [-0.2, 0) is 19.1 Å². The number of pyridine rings is 1. The number of nitro benzene ring substituents is 1. The van der Waals surface area contributed by atoms with E-state index in [2.05, 4.69) is 15.6 Å². The maximum absolute atomic E-state index is 12.2. The molecule has 2 N–H and O–H groups in total. The van der Waals surface area contributed by atoms with Gasteiger partial charge in [-0.2, -0.15) is 0 Å². The molecule has 11 heteroatoms. The Kier molecular flexibility index (Phi) is 8.24. The normalized spacial score (nSPS) is 11.6. The third-order valence-electron chi connectivity index (χ3n) is 4.15. The molecule has 0 saturated carbocycles. The molecule has 2 rings (SSSR count). The molecule has 0 spiro atoms. The first-order valence-electron chi connectivity index (χ1n) is 9.54. The summed E-state index contributed by atoms with van der Waals surface area (Å²) in [5, 5.41) is 16.4. The summed E-state index contributed by atoms with van der Waals surface area (Å²) < 4.78 is 10.3. The second kappa shape index (κ2) is 10.9. The number of non-ortho nitro benzene ring substituents is 1. The van der Waals surface area contributed by atoms with Crippen LogP contribution in [0, 0.1) is 16.0 Å². The van der Waals surface area contributed by atoms with Gasteiger partial charge in [0.25, 0.3) is 5.69 Å². The lowest BCUT2D eigenvalue weighted by atomic mass is 10.0. The Balaban J connectivity index is 1.90. The van der Waals surface area contributed by atoms with Crippen LogP contribution in [0.5, 0.6) is 5.75 Å². The molecule has 0 saturated heterocycles. The molecule has 2 aromatic rings. The monoisotopic (exact) mass is 432 g/mol. The maximum Gasteiger partial charge on any atom is 0.328 e. The highest BCUT2D eigenvalue weighted by Crippen LogP contribution is 2.31. The number of rotatable bonds is 10. The minimum absolute atomic E-state index is 0.120. The molecular weight excluding hydrogens is 408 g/mol. The van der Waals surface area contributed by atoms with Crippen LogP contribution in [-0.4, -0.2) is 47.1 Å². The Morgan fingerprint density at radius 3 is 2.61 bits per heavy atom. The van der Waals surface area contributed by atoms with Crippen molar-refractivity contribution in [2.24, 2.45) is 5.92 Å². The van der Waals surface area contributed by atoms with Gasteiger partial charge in [0.2, 0.25) is 18.6 Å². The van der Waals surface area contributed by atoms with Gasteiger partial charge in [-0.1, -0.05) is 13.8 Å². The molecule has 2 amide bonds. The van der Waals surface area contributed by atoms with E-state index in [1.165, 1.54) is 31.3 Å². The van der Waals surface area contributed by atoms with Gasteiger partial charge in [-0.3, -0.25) is 29.5 Å². The highest BCUT2D eigenvalue weighted by atomic mass is 16.7. The van der Waals surface area contributed by atoms with Gasteiger partial charge in [-0.15, -0.1) is 0 Å². The van der Waals surface area contributed by atoms with Crippen molar-refractivity contribution in [3.63, 3.8) is 0 Å². The summed E-state index contributed by atoms with van der Waals surface area (Å²) in [4.78, 5) is 50.1. The smallest absolute Gasteiger partial charge is 0.328 e. The largest absolute Gasteiger partial charge is 0.455 e. The SMILES string of the molecule is CC(=O)N[C@@H](CC(C)C)C(=O)NCC(=O)OCOc1ccc([N+](=O)[O-])c2cccnc12. The van der Waals surface area contributed by atoms with Crippen LogP contribution >= 0.6 is 0 Å². The number of aromatic nitrogens is 1. The zero-order valence-corrected chi connectivity index (χ0v) is 17.4. The third kappa shape index (κ3) is 6.91. The second-order valence-corrected chi connectivity index (χ2v) is 7.12. The third-order valence-corrected chi connectivity index (χ3v) is 4.15. The molecule has 0 bridgehead atoms. The molecule has 0 radical (unpaired) electrons. The number of nitrogens with zero attached hydrogens (tertiary/aromatic N) is 2. The van der Waals surface area contributed by atoms with Gasteiger partial charge in [0.05, 0.1) is 10.3 Å². The summed E-state index contributed by atoms with van der Waals surface area (Å²) in [5.74, 6) is -1.22. The number of nitrogens with one attached hydrogen (secondary N) is 2. The number of hydrogen-bond donors (Lipinski definition) is 2. The lowest BCUT2D eigenvalue weighted by molar-refractivity contribution is -0.383. The Hall–Kier alpha value is -3.76. The molecule has 11 nitrogen and oxygen atoms in total. The number of hydrogen-bond acceptors (Lipinski definition) is 8. The minimum atomic E-state index is -0.751. The van der Waals surface area contributed by atoms with Gasteiger partial charge in [-0.25, -0.2) is 0 Å². The fourth-order valence-electron chi connectivity index (χ4n) is 2.85. The standard InChI is InChI=1S/C20H24N4O7/c1-12(2)9-15(23-13(3)25)20(27)22-10-18(26)31-11-30-17-7-6-16(24(28)29)14-5-4-8-21-19(14)17/h4-8,12,15H,9-11H2,1-3H3,(H,22,27)(H,23,25)/t15-/m0/s1. The topological polar surface area (TPSA) is 150 Å². The molecule has 0 aliphatic heterocycles. The van der Waals surface area contributed by atoms with E-state index in [0.29, 0.717) is 6.42 Å². The van der Waals surface area contributed by atoms with Crippen molar-refractivity contribution in [2.75, 3.05) is 13.3 Å². The number of nitro groups is 1. The maximum atomic E-state index is 12.2. The van der Waals surface area contributed by atoms with Gasteiger partial charge in [0.1, 0.15) is 23.9 Å². The lowest BCUT2D eigenvalue weighted by Crippen LogP contribution is -2.48. The highest BCUT2D eigenvalue weighted by Gasteiger charge is 2.21. The number of fused-ring (bicyclic) bond motifs is 1. The van der Waals surface area contributed by atoms with E-state index in [-0.39, 0.29) is 34.2 Å². The quantitative estimate of drug-likeness (QED) is 0.249. The molecule has 1 aromatic carbocycles. The van der Waals surface area contributed by atoms with Crippen molar-refractivity contribution in [3.8, 4) is 5.75 Å².